The van der Waals surface area contributed by atoms with Crippen molar-refractivity contribution in [1.82, 2.24) is 10.5 Å². The van der Waals surface area contributed by atoms with Gasteiger partial charge in [0.15, 0.2) is 5.69 Å². The summed E-state index contributed by atoms with van der Waals surface area (Å²) in [6.45, 7) is 7.46. The normalized spacial score (nSPS) is 13.1. The van der Waals surface area contributed by atoms with E-state index in [1.165, 1.54) is 0 Å². The molecule has 1 amide bonds. The Bertz CT molecular complexity index is 445. The lowest BCUT2D eigenvalue weighted by molar-refractivity contribution is -0.137. The van der Waals surface area contributed by atoms with Crippen LogP contribution in [0.5, 0.6) is 0 Å². The molecular weight excluding hydrogens is 236 g/mol. The number of aromatic nitrogens is 1. The zero-order valence-electron chi connectivity index (χ0n) is 11.0. The first kappa shape index (κ1) is 14.2. The third-order valence-electron chi connectivity index (χ3n) is 2.34. The first-order chi connectivity index (χ1) is 8.20. The molecule has 6 heteroatoms. The van der Waals surface area contributed by atoms with Gasteiger partial charge >= 0.3 is 5.97 Å². The molecule has 0 aromatic carbocycles. The van der Waals surface area contributed by atoms with Gasteiger partial charge in [-0.05, 0) is 6.92 Å². The standard InChI is InChI=1S/C12H18N2O4/c1-7(5-10(15)16)13-11(17)8-6-9(18-14-8)12(2,3)4/h6-7H,5H2,1-4H3,(H,13,17)(H,15,16). The Hall–Kier alpha value is -1.85. The molecule has 2 N–H and O–H groups in total. The summed E-state index contributed by atoms with van der Waals surface area (Å²) in [5.74, 6) is -0.778. The van der Waals surface area contributed by atoms with Crippen LogP contribution in [0.2, 0.25) is 0 Å². The van der Waals surface area contributed by atoms with Crippen molar-refractivity contribution < 1.29 is 19.2 Å². The van der Waals surface area contributed by atoms with Crippen molar-refractivity contribution in [2.45, 2.75) is 45.6 Å². The van der Waals surface area contributed by atoms with E-state index in [-0.39, 0.29) is 17.5 Å². The largest absolute Gasteiger partial charge is 0.481 e. The molecule has 18 heavy (non-hydrogen) atoms. The van der Waals surface area contributed by atoms with Crippen LogP contribution in [0.25, 0.3) is 0 Å². The van der Waals surface area contributed by atoms with Crippen molar-refractivity contribution in [2.75, 3.05) is 0 Å². The fourth-order valence-electron chi connectivity index (χ4n) is 1.35. The van der Waals surface area contributed by atoms with Gasteiger partial charge in [-0.25, -0.2) is 0 Å². The minimum Gasteiger partial charge on any atom is -0.481 e. The molecule has 1 atom stereocenters. The summed E-state index contributed by atoms with van der Waals surface area (Å²) in [5, 5.41) is 14.8. The summed E-state index contributed by atoms with van der Waals surface area (Å²) in [6.07, 6.45) is -0.129. The molecule has 1 rings (SSSR count). The molecule has 0 spiro atoms. The highest BCUT2D eigenvalue weighted by atomic mass is 16.5. The number of nitrogens with one attached hydrogen (secondary N) is 1. The zero-order valence-corrected chi connectivity index (χ0v) is 11.0. The lowest BCUT2D eigenvalue weighted by Gasteiger charge is -2.12. The number of amides is 1. The van der Waals surface area contributed by atoms with E-state index in [2.05, 4.69) is 10.5 Å². The zero-order chi connectivity index (χ0) is 13.9. The lowest BCUT2D eigenvalue weighted by Crippen LogP contribution is -2.34. The fourth-order valence-corrected chi connectivity index (χ4v) is 1.35. The highest BCUT2D eigenvalue weighted by Crippen LogP contribution is 2.22. The van der Waals surface area contributed by atoms with E-state index < -0.39 is 17.9 Å². The van der Waals surface area contributed by atoms with E-state index in [1.807, 2.05) is 20.8 Å². The van der Waals surface area contributed by atoms with Gasteiger partial charge in [-0.2, -0.15) is 0 Å². The Labute approximate surface area is 105 Å². The number of nitrogens with zero attached hydrogens (tertiary/aromatic N) is 1. The predicted molar refractivity (Wildman–Crippen MR) is 64.4 cm³/mol. The van der Waals surface area contributed by atoms with Gasteiger partial charge in [-0.1, -0.05) is 25.9 Å². The van der Waals surface area contributed by atoms with Gasteiger partial charge < -0.3 is 14.9 Å². The number of rotatable bonds is 4. The van der Waals surface area contributed by atoms with Gasteiger partial charge in [0.2, 0.25) is 0 Å². The molecule has 1 aromatic heterocycles. The molecule has 0 bridgehead atoms. The Morgan fingerprint density at radius 1 is 1.50 bits per heavy atom. The molecule has 0 aliphatic carbocycles. The maximum absolute atomic E-state index is 11.8. The summed E-state index contributed by atoms with van der Waals surface area (Å²) < 4.78 is 5.09. The van der Waals surface area contributed by atoms with Gasteiger partial charge in [0.25, 0.3) is 5.91 Å². The summed E-state index contributed by atoms with van der Waals surface area (Å²) in [7, 11) is 0. The molecule has 0 fully saturated rings. The number of carboxylic acid groups (broad SMARTS) is 1. The van der Waals surface area contributed by atoms with E-state index in [9.17, 15) is 9.59 Å². The van der Waals surface area contributed by atoms with Crippen LogP contribution in [0.1, 0.15) is 50.4 Å². The Morgan fingerprint density at radius 3 is 2.56 bits per heavy atom. The van der Waals surface area contributed by atoms with E-state index in [4.69, 9.17) is 9.63 Å². The number of carboxylic acids is 1. The van der Waals surface area contributed by atoms with Crippen LogP contribution in [-0.2, 0) is 10.2 Å². The minimum absolute atomic E-state index is 0.129. The Balaban J connectivity index is 2.68. The maximum Gasteiger partial charge on any atom is 0.305 e. The molecule has 6 nitrogen and oxygen atoms in total. The van der Waals surface area contributed by atoms with Crippen LogP contribution in [0, 0.1) is 0 Å². The van der Waals surface area contributed by atoms with Crippen molar-refractivity contribution in [3.8, 4) is 0 Å². The van der Waals surface area contributed by atoms with E-state index >= 15 is 0 Å². The molecule has 0 saturated carbocycles. The molecule has 0 radical (unpaired) electrons. The second-order valence-corrected chi connectivity index (χ2v) is 5.30. The second-order valence-electron chi connectivity index (χ2n) is 5.30. The quantitative estimate of drug-likeness (QED) is 0.850. The Kier molecular flexibility index (Phi) is 4.11. The third kappa shape index (κ3) is 3.87. The van der Waals surface area contributed by atoms with Gasteiger partial charge in [-0.15, -0.1) is 0 Å². The highest BCUT2D eigenvalue weighted by molar-refractivity contribution is 5.92. The monoisotopic (exact) mass is 254 g/mol. The number of carbonyl (C=O) groups is 2. The van der Waals surface area contributed by atoms with Crippen LogP contribution in [0.15, 0.2) is 10.6 Å². The molecule has 0 aliphatic rings. The molecule has 1 heterocycles. The number of hydrogen-bond acceptors (Lipinski definition) is 4. The van der Waals surface area contributed by atoms with Gasteiger partial charge in [0.05, 0.1) is 6.42 Å². The van der Waals surface area contributed by atoms with Crippen molar-refractivity contribution in [2.24, 2.45) is 0 Å². The number of hydrogen-bond donors (Lipinski definition) is 2. The Morgan fingerprint density at radius 2 is 2.11 bits per heavy atom. The average Bonchev–Trinajstić information content (AvgIpc) is 2.63. The first-order valence-corrected chi connectivity index (χ1v) is 5.70. The number of carbonyl (C=O) groups excluding carboxylic acids is 1. The lowest BCUT2D eigenvalue weighted by atomic mass is 9.93. The van der Waals surface area contributed by atoms with Crippen LogP contribution < -0.4 is 5.32 Å². The van der Waals surface area contributed by atoms with Crippen LogP contribution >= 0.6 is 0 Å². The van der Waals surface area contributed by atoms with Crippen LogP contribution in [0.4, 0.5) is 0 Å². The number of aliphatic carboxylic acids is 1. The van der Waals surface area contributed by atoms with E-state index in [1.54, 1.807) is 13.0 Å². The predicted octanol–water partition coefficient (Wildman–Crippen LogP) is 1.57. The third-order valence-corrected chi connectivity index (χ3v) is 2.34. The van der Waals surface area contributed by atoms with Gasteiger partial charge in [0.1, 0.15) is 5.76 Å². The van der Waals surface area contributed by atoms with Crippen LogP contribution in [-0.4, -0.2) is 28.2 Å². The molecule has 100 valence electrons. The van der Waals surface area contributed by atoms with Crippen molar-refractivity contribution in [1.29, 1.82) is 0 Å². The smallest absolute Gasteiger partial charge is 0.305 e. The minimum atomic E-state index is -0.960. The van der Waals surface area contributed by atoms with E-state index in [0.29, 0.717) is 5.76 Å². The summed E-state index contributed by atoms with van der Waals surface area (Å²) in [4.78, 5) is 22.2. The first-order valence-electron chi connectivity index (χ1n) is 5.70. The van der Waals surface area contributed by atoms with Crippen molar-refractivity contribution in [3.05, 3.63) is 17.5 Å². The van der Waals surface area contributed by atoms with Gasteiger partial charge in [0, 0.05) is 17.5 Å². The van der Waals surface area contributed by atoms with Gasteiger partial charge in [-0.3, -0.25) is 9.59 Å². The molecule has 1 unspecified atom stereocenters. The van der Waals surface area contributed by atoms with Crippen molar-refractivity contribution >= 4 is 11.9 Å². The SMILES string of the molecule is CC(CC(=O)O)NC(=O)c1cc(C(C)(C)C)on1. The summed E-state index contributed by atoms with van der Waals surface area (Å²) >= 11 is 0. The van der Waals surface area contributed by atoms with Crippen molar-refractivity contribution in [3.63, 3.8) is 0 Å². The van der Waals surface area contributed by atoms with Crippen LogP contribution in [0.3, 0.4) is 0 Å². The maximum atomic E-state index is 11.8. The summed E-state index contributed by atoms with van der Waals surface area (Å²) in [5.41, 5.74) is -0.0600. The highest BCUT2D eigenvalue weighted by Gasteiger charge is 2.22. The summed E-state index contributed by atoms with van der Waals surface area (Å²) in [6, 6.07) is 1.12. The molecule has 1 aromatic rings. The second kappa shape index (κ2) is 5.20. The molecule has 0 saturated heterocycles. The average molecular weight is 254 g/mol. The van der Waals surface area contributed by atoms with E-state index in [0.717, 1.165) is 0 Å². The molecular formula is C12H18N2O4. The fraction of sp³-hybridized carbons (Fsp3) is 0.583. The topological polar surface area (TPSA) is 92.4 Å². The molecule has 0 aliphatic heterocycles.